The lowest BCUT2D eigenvalue weighted by molar-refractivity contribution is -0.0206. The molecule has 0 aromatic heterocycles. The molecule has 4 aliphatic carbocycles. The second-order valence-corrected chi connectivity index (χ2v) is 9.75. The molecular formula is C26H33NO2. The van der Waals surface area contributed by atoms with Crippen molar-refractivity contribution >= 4 is 0 Å². The zero-order valence-electron chi connectivity index (χ0n) is 17.7. The fraction of sp³-hybridized carbons (Fsp3) is 0.538. The molecule has 0 aliphatic heterocycles. The maximum atomic E-state index is 6.08. The van der Waals surface area contributed by atoms with Crippen molar-refractivity contribution in [3.05, 3.63) is 59.2 Å². The molecule has 6 rings (SSSR count). The van der Waals surface area contributed by atoms with Gasteiger partial charge in [0.05, 0.1) is 7.11 Å². The van der Waals surface area contributed by atoms with E-state index in [1.165, 1.54) is 55.2 Å². The normalized spacial score (nSPS) is 29.8. The Labute approximate surface area is 174 Å². The lowest BCUT2D eigenvalue weighted by atomic mass is 9.53. The molecule has 3 nitrogen and oxygen atoms in total. The molecule has 29 heavy (non-hydrogen) atoms. The highest BCUT2D eigenvalue weighted by Crippen LogP contribution is 2.55. The molecular weight excluding hydrogens is 358 g/mol. The minimum atomic E-state index is 0.391. The summed E-state index contributed by atoms with van der Waals surface area (Å²) >= 11 is 0. The van der Waals surface area contributed by atoms with Crippen LogP contribution in [0.1, 0.15) is 55.2 Å². The maximum absolute atomic E-state index is 6.08. The number of rotatable bonds is 7. The molecule has 2 aromatic rings. The van der Waals surface area contributed by atoms with Gasteiger partial charge in [-0.15, -0.1) is 0 Å². The summed E-state index contributed by atoms with van der Waals surface area (Å²) in [5.41, 5.74) is 4.13. The van der Waals surface area contributed by atoms with Gasteiger partial charge in [0.2, 0.25) is 0 Å². The number of benzene rings is 2. The zero-order valence-corrected chi connectivity index (χ0v) is 17.7. The van der Waals surface area contributed by atoms with E-state index in [-0.39, 0.29) is 0 Å². The molecule has 0 unspecified atom stereocenters. The van der Waals surface area contributed by atoms with Crippen LogP contribution in [-0.4, -0.2) is 12.6 Å². The Morgan fingerprint density at radius 2 is 1.62 bits per heavy atom. The maximum Gasteiger partial charge on any atom is 0.161 e. The van der Waals surface area contributed by atoms with Crippen LogP contribution < -0.4 is 14.8 Å². The number of hydrogen-bond donors (Lipinski definition) is 1. The van der Waals surface area contributed by atoms with Gasteiger partial charge in [0.1, 0.15) is 6.61 Å². The van der Waals surface area contributed by atoms with E-state index in [1.54, 1.807) is 7.11 Å². The first-order chi connectivity index (χ1) is 14.1. The first-order valence-corrected chi connectivity index (χ1v) is 11.2. The van der Waals surface area contributed by atoms with Crippen molar-refractivity contribution in [1.29, 1.82) is 0 Å². The number of aryl methyl sites for hydroxylation is 1. The van der Waals surface area contributed by atoms with Gasteiger partial charge in [-0.05, 0) is 92.0 Å². The van der Waals surface area contributed by atoms with Crippen molar-refractivity contribution < 1.29 is 9.47 Å². The van der Waals surface area contributed by atoms with Crippen LogP contribution >= 0.6 is 0 Å². The molecule has 4 fully saturated rings. The average molecular weight is 392 g/mol. The van der Waals surface area contributed by atoms with Crippen molar-refractivity contribution in [3.8, 4) is 11.5 Å². The predicted molar refractivity (Wildman–Crippen MR) is 116 cm³/mol. The van der Waals surface area contributed by atoms with Crippen LogP contribution in [0.15, 0.2) is 42.5 Å². The lowest BCUT2D eigenvalue weighted by Crippen LogP contribution is -2.58. The van der Waals surface area contributed by atoms with Gasteiger partial charge in [0, 0.05) is 12.1 Å². The van der Waals surface area contributed by atoms with Crippen LogP contribution in [0.3, 0.4) is 0 Å². The smallest absolute Gasteiger partial charge is 0.161 e. The predicted octanol–water partition coefficient (Wildman–Crippen LogP) is 5.64. The Morgan fingerprint density at radius 1 is 0.931 bits per heavy atom. The van der Waals surface area contributed by atoms with Gasteiger partial charge >= 0.3 is 0 Å². The number of hydrogen-bond acceptors (Lipinski definition) is 3. The van der Waals surface area contributed by atoms with E-state index in [0.717, 1.165) is 35.8 Å². The molecule has 4 bridgehead atoms. The third kappa shape index (κ3) is 3.90. The van der Waals surface area contributed by atoms with Crippen molar-refractivity contribution in [1.82, 2.24) is 5.32 Å². The average Bonchev–Trinajstić information content (AvgIpc) is 2.71. The highest BCUT2D eigenvalue weighted by atomic mass is 16.5. The number of ether oxygens (including phenoxy) is 2. The SMILES string of the molecule is COc1cc(CNC23CC4CC(CC(C4)C2)C3)ccc1OCc1ccccc1C. The third-order valence-electron chi connectivity index (χ3n) is 7.58. The fourth-order valence-corrected chi connectivity index (χ4v) is 6.49. The summed E-state index contributed by atoms with van der Waals surface area (Å²) in [6.07, 6.45) is 8.61. The summed E-state index contributed by atoms with van der Waals surface area (Å²) in [5, 5.41) is 3.98. The molecule has 1 N–H and O–H groups in total. The summed E-state index contributed by atoms with van der Waals surface area (Å²) in [7, 11) is 1.73. The lowest BCUT2D eigenvalue weighted by Gasteiger charge is -2.57. The summed E-state index contributed by atoms with van der Waals surface area (Å²) < 4.78 is 11.7. The Bertz CT molecular complexity index is 839. The van der Waals surface area contributed by atoms with Crippen LogP contribution in [0, 0.1) is 24.7 Å². The molecule has 154 valence electrons. The molecule has 0 atom stereocenters. The van der Waals surface area contributed by atoms with Crippen LogP contribution in [0.25, 0.3) is 0 Å². The monoisotopic (exact) mass is 391 g/mol. The fourth-order valence-electron chi connectivity index (χ4n) is 6.49. The largest absolute Gasteiger partial charge is 0.493 e. The van der Waals surface area contributed by atoms with E-state index in [1.807, 2.05) is 0 Å². The third-order valence-corrected chi connectivity index (χ3v) is 7.58. The van der Waals surface area contributed by atoms with E-state index in [9.17, 15) is 0 Å². The van der Waals surface area contributed by atoms with E-state index >= 15 is 0 Å². The molecule has 4 aliphatic rings. The van der Waals surface area contributed by atoms with Crippen molar-refractivity contribution in [3.63, 3.8) is 0 Å². The van der Waals surface area contributed by atoms with Crippen molar-refractivity contribution in [2.45, 2.75) is 64.1 Å². The van der Waals surface area contributed by atoms with Crippen molar-refractivity contribution in [2.75, 3.05) is 7.11 Å². The van der Waals surface area contributed by atoms with E-state index in [2.05, 4.69) is 54.7 Å². The molecule has 0 heterocycles. The minimum Gasteiger partial charge on any atom is -0.493 e. The van der Waals surface area contributed by atoms with Crippen LogP contribution in [-0.2, 0) is 13.2 Å². The van der Waals surface area contributed by atoms with Gasteiger partial charge in [0.15, 0.2) is 11.5 Å². The molecule has 2 aromatic carbocycles. The number of methoxy groups -OCH3 is 1. The van der Waals surface area contributed by atoms with Gasteiger partial charge in [-0.2, -0.15) is 0 Å². The van der Waals surface area contributed by atoms with E-state index < -0.39 is 0 Å². The number of nitrogens with one attached hydrogen (secondary N) is 1. The highest BCUT2D eigenvalue weighted by molar-refractivity contribution is 5.43. The molecule has 0 amide bonds. The Kier molecular flexibility index (Phi) is 5.03. The highest BCUT2D eigenvalue weighted by Gasteiger charge is 2.50. The first kappa shape index (κ1) is 19.0. The minimum absolute atomic E-state index is 0.391. The topological polar surface area (TPSA) is 30.5 Å². The summed E-state index contributed by atoms with van der Waals surface area (Å²) in [4.78, 5) is 0. The molecule has 3 heteroatoms. The first-order valence-electron chi connectivity index (χ1n) is 11.2. The van der Waals surface area contributed by atoms with Crippen molar-refractivity contribution in [2.24, 2.45) is 17.8 Å². The molecule has 0 spiro atoms. The zero-order chi connectivity index (χ0) is 19.8. The van der Waals surface area contributed by atoms with Crippen LogP contribution in [0.4, 0.5) is 0 Å². The quantitative estimate of drug-likeness (QED) is 0.662. The van der Waals surface area contributed by atoms with E-state index in [4.69, 9.17) is 9.47 Å². The molecule has 0 saturated heterocycles. The summed E-state index contributed by atoms with van der Waals surface area (Å²) in [5.74, 6) is 4.55. The molecule has 0 radical (unpaired) electrons. The summed E-state index contributed by atoms with van der Waals surface area (Å²) in [6, 6.07) is 14.7. The molecule has 4 saturated carbocycles. The van der Waals surface area contributed by atoms with Gasteiger partial charge in [-0.1, -0.05) is 30.3 Å². The second-order valence-electron chi connectivity index (χ2n) is 9.75. The standard InChI is InChI=1S/C26H33NO2/c1-18-5-3-4-6-23(18)17-29-24-8-7-19(12-25(24)28-2)16-27-26-13-20-9-21(14-26)11-22(10-20)15-26/h3-8,12,20-22,27H,9-11,13-17H2,1-2H3. The van der Waals surface area contributed by atoms with Gasteiger partial charge in [-0.3, -0.25) is 0 Å². The Hall–Kier alpha value is -2.00. The van der Waals surface area contributed by atoms with E-state index in [0.29, 0.717) is 12.1 Å². The van der Waals surface area contributed by atoms with Gasteiger partial charge in [0.25, 0.3) is 0 Å². The summed E-state index contributed by atoms with van der Waals surface area (Å²) in [6.45, 7) is 3.60. The Morgan fingerprint density at radius 3 is 2.28 bits per heavy atom. The van der Waals surface area contributed by atoms with Gasteiger partial charge < -0.3 is 14.8 Å². The second kappa shape index (κ2) is 7.68. The van der Waals surface area contributed by atoms with Crippen LogP contribution in [0.5, 0.6) is 11.5 Å². The van der Waals surface area contributed by atoms with Gasteiger partial charge in [-0.25, -0.2) is 0 Å². The Balaban J connectivity index is 1.24. The van der Waals surface area contributed by atoms with Crippen LogP contribution in [0.2, 0.25) is 0 Å².